The summed E-state index contributed by atoms with van der Waals surface area (Å²) in [6.07, 6.45) is -4.98. The molecule has 0 aromatic heterocycles. The first kappa shape index (κ1) is 15.1. The lowest BCUT2D eigenvalue weighted by Gasteiger charge is -2.13. The number of rotatable bonds is 2. The van der Waals surface area contributed by atoms with E-state index in [1.165, 1.54) is 12.1 Å². The highest BCUT2D eigenvalue weighted by Crippen LogP contribution is 2.31. The molecule has 20 heavy (non-hydrogen) atoms. The van der Waals surface area contributed by atoms with Gasteiger partial charge < -0.3 is 10.1 Å². The number of alkyl halides is 3. The van der Waals surface area contributed by atoms with Gasteiger partial charge in [-0.25, -0.2) is 4.99 Å². The van der Waals surface area contributed by atoms with Crippen molar-refractivity contribution in [2.75, 3.05) is 18.5 Å². The zero-order valence-electron chi connectivity index (χ0n) is 9.72. The van der Waals surface area contributed by atoms with Gasteiger partial charge in [0.1, 0.15) is 6.61 Å². The molecule has 9 heteroatoms. The number of nitrogens with zero attached hydrogens (tertiary/aromatic N) is 1. The monoisotopic (exact) mass is 370 g/mol. The number of benzene rings is 1. The SMILES string of the molecule is O=C(Nc1cc(Br)c(Cl)cc1C1=NCCO1)C(F)(F)F. The van der Waals surface area contributed by atoms with Crippen molar-refractivity contribution >= 4 is 45.0 Å². The second kappa shape index (κ2) is 5.61. The summed E-state index contributed by atoms with van der Waals surface area (Å²) in [5.41, 5.74) is 0.123. The van der Waals surface area contributed by atoms with E-state index < -0.39 is 12.1 Å². The van der Waals surface area contributed by atoms with Crippen molar-refractivity contribution < 1.29 is 22.7 Å². The van der Waals surface area contributed by atoms with Gasteiger partial charge in [-0.1, -0.05) is 11.6 Å². The number of amides is 1. The van der Waals surface area contributed by atoms with Crippen LogP contribution in [-0.2, 0) is 9.53 Å². The zero-order valence-corrected chi connectivity index (χ0v) is 12.1. The maximum atomic E-state index is 12.3. The summed E-state index contributed by atoms with van der Waals surface area (Å²) >= 11 is 8.98. The highest BCUT2D eigenvalue weighted by Gasteiger charge is 2.39. The third-order valence-electron chi connectivity index (χ3n) is 2.38. The lowest BCUT2D eigenvalue weighted by molar-refractivity contribution is -0.167. The van der Waals surface area contributed by atoms with Gasteiger partial charge in [0.25, 0.3) is 0 Å². The normalized spacial score (nSPS) is 14.8. The molecule has 2 rings (SSSR count). The van der Waals surface area contributed by atoms with Crippen molar-refractivity contribution in [2.24, 2.45) is 4.99 Å². The summed E-state index contributed by atoms with van der Waals surface area (Å²) in [5, 5.41) is 2.05. The van der Waals surface area contributed by atoms with Crippen molar-refractivity contribution in [1.29, 1.82) is 0 Å². The van der Waals surface area contributed by atoms with Crippen LogP contribution >= 0.6 is 27.5 Å². The van der Waals surface area contributed by atoms with Crippen LogP contribution in [0, 0.1) is 0 Å². The molecule has 0 spiro atoms. The minimum Gasteiger partial charge on any atom is -0.475 e. The third kappa shape index (κ3) is 3.24. The highest BCUT2D eigenvalue weighted by atomic mass is 79.9. The van der Waals surface area contributed by atoms with E-state index >= 15 is 0 Å². The Labute approximate surface area is 125 Å². The van der Waals surface area contributed by atoms with Crippen LogP contribution < -0.4 is 5.32 Å². The van der Waals surface area contributed by atoms with Gasteiger partial charge in [-0.3, -0.25) is 4.79 Å². The Morgan fingerprint density at radius 1 is 1.45 bits per heavy atom. The quantitative estimate of drug-likeness (QED) is 0.866. The molecule has 108 valence electrons. The van der Waals surface area contributed by atoms with Crippen molar-refractivity contribution in [3.05, 3.63) is 27.2 Å². The fourth-order valence-corrected chi connectivity index (χ4v) is 2.03. The zero-order chi connectivity index (χ0) is 14.9. The fourth-order valence-electron chi connectivity index (χ4n) is 1.52. The van der Waals surface area contributed by atoms with Gasteiger partial charge >= 0.3 is 12.1 Å². The van der Waals surface area contributed by atoms with E-state index in [9.17, 15) is 18.0 Å². The Bertz CT molecular complexity index is 590. The van der Waals surface area contributed by atoms with Crippen LogP contribution in [0.3, 0.4) is 0 Å². The summed E-state index contributed by atoms with van der Waals surface area (Å²) in [5.74, 6) is -1.93. The molecule has 0 radical (unpaired) electrons. The van der Waals surface area contributed by atoms with Gasteiger partial charge in [-0.15, -0.1) is 0 Å². The second-order valence-corrected chi connectivity index (χ2v) is 5.06. The average Bonchev–Trinajstić information content (AvgIpc) is 2.85. The first-order valence-corrected chi connectivity index (χ1v) is 6.51. The minimum absolute atomic E-state index is 0.0794. The Hall–Kier alpha value is -1.28. The van der Waals surface area contributed by atoms with Crippen molar-refractivity contribution in [2.45, 2.75) is 6.18 Å². The topological polar surface area (TPSA) is 50.7 Å². The molecule has 1 aromatic carbocycles. The van der Waals surface area contributed by atoms with Gasteiger partial charge in [0.05, 0.1) is 22.8 Å². The number of anilines is 1. The number of halogens is 5. The lowest BCUT2D eigenvalue weighted by atomic mass is 10.1. The van der Waals surface area contributed by atoms with E-state index in [-0.39, 0.29) is 22.2 Å². The molecule has 0 fully saturated rings. The van der Waals surface area contributed by atoms with E-state index in [4.69, 9.17) is 16.3 Å². The van der Waals surface area contributed by atoms with Crippen molar-refractivity contribution in [1.82, 2.24) is 0 Å². The maximum Gasteiger partial charge on any atom is 0.471 e. The molecule has 1 aromatic rings. The number of carbonyl (C=O) groups is 1. The molecule has 0 aliphatic carbocycles. The largest absolute Gasteiger partial charge is 0.475 e. The molecule has 0 atom stereocenters. The van der Waals surface area contributed by atoms with Crippen LogP contribution in [-0.4, -0.2) is 31.1 Å². The van der Waals surface area contributed by atoms with E-state index in [1.807, 2.05) is 0 Å². The van der Waals surface area contributed by atoms with E-state index in [2.05, 4.69) is 20.9 Å². The third-order valence-corrected chi connectivity index (χ3v) is 3.58. The summed E-state index contributed by atoms with van der Waals surface area (Å²) in [6, 6.07) is 2.65. The molecule has 4 nitrogen and oxygen atoms in total. The van der Waals surface area contributed by atoms with E-state index in [0.717, 1.165) is 0 Å². The molecule has 1 heterocycles. The molecule has 0 saturated carbocycles. The Morgan fingerprint density at radius 2 is 2.15 bits per heavy atom. The van der Waals surface area contributed by atoms with Crippen LogP contribution in [0.4, 0.5) is 18.9 Å². The molecule has 1 N–H and O–H groups in total. The van der Waals surface area contributed by atoms with Crippen LogP contribution in [0.2, 0.25) is 5.02 Å². The molecule has 0 saturated heterocycles. The number of ether oxygens (including phenoxy) is 1. The first-order valence-electron chi connectivity index (χ1n) is 5.34. The smallest absolute Gasteiger partial charge is 0.471 e. The van der Waals surface area contributed by atoms with Crippen molar-refractivity contribution in [3.63, 3.8) is 0 Å². The number of nitrogens with one attached hydrogen (secondary N) is 1. The maximum absolute atomic E-state index is 12.3. The molecular formula is C11H7BrClF3N2O2. The Morgan fingerprint density at radius 3 is 2.70 bits per heavy atom. The Balaban J connectivity index is 2.40. The molecular weight excluding hydrogens is 364 g/mol. The standard InChI is InChI=1S/C11H7BrClF3N2O2/c12-6-4-8(18-10(19)11(14,15)16)5(3-7(6)13)9-17-1-2-20-9/h3-4H,1-2H2,(H,18,19). The van der Waals surface area contributed by atoms with Crippen LogP contribution in [0.5, 0.6) is 0 Å². The van der Waals surface area contributed by atoms with Gasteiger partial charge in [-0.05, 0) is 28.1 Å². The van der Waals surface area contributed by atoms with Crippen LogP contribution in [0.25, 0.3) is 0 Å². The predicted octanol–water partition coefficient (Wildman–Crippen LogP) is 3.38. The van der Waals surface area contributed by atoms with Crippen LogP contribution in [0.1, 0.15) is 5.56 Å². The van der Waals surface area contributed by atoms with E-state index in [0.29, 0.717) is 17.6 Å². The van der Waals surface area contributed by atoms with E-state index in [1.54, 1.807) is 5.32 Å². The van der Waals surface area contributed by atoms with Gasteiger partial charge in [0.2, 0.25) is 5.90 Å². The first-order chi connectivity index (χ1) is 9.29. The van der Waals surface area contributed by atoms with Gasteiger partial charge in [0.15, 0.2) is 0 Å². The van der Waals surface area contributed by atoms with Crippen LogP contribution in [0.15, 0.2) is 21.6 Å². The average molecular weight is 372 g/mol. The number of hydrogen-bond donors (Lipinski definition) is 1. The summed E-state index contributed by atoms with van der Waals surface area (Å²) in [6.45, 7) is 0.728. The molecule has 0 bridgehead atoms. The van der Waals surface area contributed by atoms with Crippen molar-refractivity contribution in [3.8, 4) is 0 Å². The summed E-state index contributed by atoms with van der Waals surface area (Å²) < 4.78 is 42.5. The number of aliphatic imine (C=N–C) groups is 1. The van der Waals surface area contributed by atoms with Gasteiger partial charge in [0, 0.05) is 4.47 Å². The molecule has 1 aliphatic rings. The number of carbonyl (C=O) groups excluding carboxylic acids is 1. The fraction of sp³-hybridized carbons (Fsp3) is 0.273. The molecule has 0 unspecified atom stereocenters. The highest BCUT2D eigenvalue weighted by molar-refractivity contribution is 9.10. The Kier molecular flexibility index (Phi) is 4.24. The minimum atomic E-state index is -4.98. The lowest BCUT2D eigenvalue weighted by Crippen LogP contribution is -2.30. The number of hydrogen-bond acceptors (Lipinski definition) is 3. The summed E-state index contributed by atoms with van der Waals surface area (Å²) in [7, 11) is 0. The second-order valence-electron chi connectivity index (χ2n) is 3.80. The summed E-state index contributed by atoms with van der Waals surface area (Å²) in [4.78, 5) is 15.0. The molecule has 1 aliphatic heterocycles. The molecule has 1 amide bonds. The predicted molar refractivity (Wildman–Crippen MR) is 71.2 cm³/mol. The van der Waals surface area contributed by atoms with Gasteiger partial charge in [-0.2, -0.15) is 13.2 Å².